The van der Waals surface area contributed by atoms with Gasteiger partial charge >= 0.3 is 0 Å². The lowest BCUT2D eigenvalue weighted by molar-refractivity contribution is 0.0874. The van der Waals surface area contributed by atoms with Gasteiger partial charge in [0.2, 0.25) is 11.6 Å². The highest BCUT2D eigenvalue weighted by molar-refractivity contribution is 6.49. The van der Waals surface area contributed by atoms with Gasteiger partial charge in [0.05, 0.1) is 12.2 Å². The van der Waals surface area contributed by atoms with E-state index in [9.17, 15) is 9.59 Å². The molecule has 0 saturated heterocycles. The predicted octanol–water partition coefficient (Wildman–Crippen LogP) is 2.34. The zero-order valence-electron chi connectivity index (χ0n) is 9.20. The van der Waals surface area contributed by atoms with E-state index < -0.39 is 11.6 Å². The Labute approximate surface area is 103 Å². The number of aromatic nitrogens is 1. The van der Waals surface area contributed by atoms with Crippen LogP contribution in [0.15, 0.2) is 29.1 Å². The molecule has 1 aliphatic carbocycles. The molecule has 0 aromatic carbocycles. The molecule has 1 heterocycles. The van der Waals surface area contributed by atoms with E-state index in [4.69, 9.17) is 16.3 Å². The normalized spacial score (nSPS) is 14.9. The Hall–Kier alpha value is -1.68. The van der Waals surface area contributed by atoms with Crippen LogP contribution >= 0.6 is 11.6 Å². The number of hydrogen-bond donors (Lipinski definition) is 0. The molecule has 0 unspecified atom stereocenters. The number of allylic oxidation sites excluding steroid dienone is 2. The van der Waals surface area contributed by atoms with E-state index >= 15 is 0 Å². The molecule has 0 amide bonds. The second kappa shape index (κ2) is 4.67. The van der Waals surface area contributed by atoms with Crippen LogP contribution < -0.4 is 0 Å². The summed E-state index contributed by atoms with van der Waals surface area (Å²) in [7, 11) is 0. The second-order valence-electron chi connectivity index (χ2n) is 3.55. The number of nitrogens with zero attached hydrogens (tertiary/aromatic N) is 1. The molecule has 0 radical (unpaired) electrons. The summed E-state index contributed by atoms with van der Waals surface area (Å²) in [5, 5.41) is -0.163. The maximum absolute atomic E-state index is 12.0. The summed E-state index contributed by atoms with van der Waals surface area (Å²) < 4.78 is 5.22. The number of rotatable bonds is 3. The average Bonchev–Trinajstić information content (AvgIpc) is 2.36. The summed E-state index contributed by atoms with van der Waals surface area (Å²) >= 11 is 5.85. The molecule has 0 atom stereocenters. The van der Waals surface area contributed by atoms with E-state index in [2.05, 4.69) is 4.98 Å². The van der Waals surface area contributed by atoms with Crippen molar-refractivity contribution in [2.45, 2.75) is 13.3 Å². The monoisotopic (exact) mass is 251 g/mol. The van der Waals surface area contributed by atoms with Crippen LogP contribution in [0.4, 0.5) is 0 Å². The van der Waals surface area contributed by atoms with E-state index in [0.717, 1.165) is 6.42 Å². The van der Waals surface area contributed by atoms with Crippen molar-refractivity contribution in [1.29, 1.82) is 0 Å². The van der Waals surface area contributed by atoms with Gasteiger partial charge in [0.1, 0.15) is 10.7 Å². The van der Waals surface area contributed by atoms with Crippen LogP contribution in [0.1, 0.15) is 34.2 Å². The molecule has 1 aromatic rings. The third kappa shape index (κ3) is 1.96. The Morgan fingerprint density at radius 1 is 1.35 bits per heavy atom. The first-order chi connectivity index (χ1) is 8.16. The third-order valence-electron chi connectivity index (χ3n) is 2.32. The third-order valence-corrected chi connectivity index (χ3v) is 2.67. The molecule has 5 heteroatoms. The Balaban J connectivity index is 2.47. The van der Waals surface area contributed by atoms with Crippen molar-refractivity contribution < 1.29 is 14.3 Å². The van der Waals surface area contributed by atoms with Crippen molar-refractivity contribution >= 4 is 23.2 Å². The summed E-state index contributed by atoms with van der Waals surface area (Å²) in [6, 6.07) is 3.12. The van der Waals surface area contributed by atoms with Crippen LogP contribution in [-0.4, -0.2) is 23.2 Å². The van der Waals surface area contributed by atoms with Crippen LogP contribution in [0.3, 0.4) is 0 Å². The number of pyridine rings is 1. The SMILES string of the molecule is CCCOC1=C(Cl)C(=O)c2cccnc2C1=O. The highest BCUT2D eigenvalue weighted by Crippen LogP contribution is 2.27. The standard InChI is InChI=1S/C12H10ClNO3/c1-2-6-17-12-8(13)10(15)7-4-3-5-14-9(7)11(12)16/h3-5H,2,6H2,1H3. The molecule has 0 N–H and O–H groups in total. The molecule has 88 valence electrons. The Bertz CT molecular complexity index is 522. The largest absolute Gasteiger partial charge is 0.488 e. The first kappa shape index (κ1) is 11.8. The topological polar surface area (TPSA) is 56.3 Å². The van der Waals surface area contributed by atoms with E-state index in [1.165, 1.54) is 12.3 Å². The van der Waals surface area contributed by atoms with Crippen LogP contribution in [0.2, 0.25) is 0 Å². The van der Waals surface area contributed by atoms with E-state index in [1.54, 1.807) is 6.07 Å². The Morgan fingerprint density at radius 2 is 2.12 bits per heavy atom. The van der Waals surface area contributed by atoms with E-state index in [-0.39, 0.29) is 22.0 Å². The van der Waals surface area contributed by atoms with Gasteiger partial charge in [-0.2, -0.15) is 0 Å². The van der Waals surface area contributed by atoms with Gasteiger partial charge in [-0.05, 0) is 18.6 Å². The van der Waals surface area contributed by atoms with Crippen LogP contribution in [0.25, 0.3) is 0 Å². The molecule has 1 aliphatic rings. The smallest absolute Gasteiger partial charge is 0.248 e. The van der Waals surface area contributed by atoms with Gasteiger partial charge in [0.15, 0.2) is 5.76 Å². The quantitative estimate of drug-likeness (QED) is 0.827. The van der Waals surface area contributed by atoms with Gasteiger partial charge in [0.25, 0.3) is 0 Å². The summed E-state index contributed by atoms with van der Waals surface area (Å²) in [6.45, 7) is 2.24. The molecule has 0 saturated carbocycles. The lowest BCUT2D eigenvalue weighted by atomic mass is 9.98. The molecule has 0 aliphatic heterocycles. The minimum atomic E-state index is -0.432. The molecular weight excluding hydrogens is 242 g/mol. The van der Waals surface area contributed by atoms with Gasteiger partial charge < -0.3 is 4.74 Å². The lowest BCUT2D eigenvalue weighted by Crippen LogP contribution is -2.23. The molecule has 1 aromatic heterocycles. The summed E-state index contributed by atoms with van der Waals surface area (Å²) in [4.78, 5) is 27.8. The van der Waals surface area contributed by atoms with E-state index in [0.29, 0.717) is 6.61 Å². The number of Topliss-reactive ketones (excluding diaryl/α,β-unsaturated/α-hetero) is 2. The van der Waals surface area contributed by atoms with Crippen molar-refractivity contribution in [3.63, 3.8) is 0 Å². The maximum atomic E-state index is 12.0. The van der Waals surface area contributed by atoms with Gasteiger partial charge in [-0.25, -0.2) is 0 Å². The number of ketones is 2. The highest BCUT2D eigenvalue weighted by Gasteiger charge is 2.33. The van der Waals surface area contributed by atoms with Crippen molar-refractivity contribution in [3.05, 3.63) is 40.4 Å². The first-order valence-electron chi connectivity index (χ1n) is 5.23. The fourth-order valence-corrected chi connectivity index (χ4v) is 1.77. The zero-order chi connectivity index (χ0) is 12.4. The molecule has 4 nitrogen and oxygen atoms in total. The number of carbonyl (C=O) groups is 2. The second-order valence-corrected chi connectivity index (χ2v) is 3.93. The maximum Gasteiger partial charge on any atom is 0.248 e. The summed E-state index contributed by atoms with van der Waals surface area (Å²) in [5.41, 5.74) is 0.333. The Morgan fingerprint density at radius 3 is 2.82 bits per heavy atom. The number of fused-ring (bicyclic) bond motifs is 1. The predicted molar refractivity (Wildman–Crippen MR) is 62.0 cm³/mol. The fraction of sp³-hybridized carbons (Fsp3) is 0.250. The lowest BCUT2D eigenvalue weighted by Gasteiger charge is -2.16. The summed E-state index contributed by atoms with van der Waals surface area (Å²) in [6.07, 6.45) is 2.19. The number of carbonyl (C=O) groups excluding carboxylic acids is 2. The molecule has 2 rings (SSSR count). The Kier molecular flexibility index (Phi) is 3.24. The van der Waals surface area contributed by atoms with Gasteiger partial charge in [-0.1, -0.05) is 18.5 Å². The van der Waals surface area contributed by atoms with Crippen molar-refractivity contribution in [2.75, 3.05) is 6.61 Å². The molecule has 17 heavy (non-hydrogen) atoms. The summed E-state index contributed by atoms with van der Waals surface area (Å²) in [5.74, 6) is -0.941. The highest BCUT2D eigenvalue weighted by atomic mass is 35.5. The zero-order valence-corrected chi connectivity index (χ0v) is 9.95. The fourth-order valence-electron chi connectivity index (χ4n) is 1.53. The number of ether oxygens (including phenoxy) is 1. The van der Waals surface area contributed by atoms with Crippen molar-refractivity contribution in [1.82, 2.24) is 4.98 Å². The number of hydrogen-bond acceptors (Lipinski definition) is 4. The van der Waals surface area contributed by atoms with Crippen LogP contribution in [0, 0.1) is 0 Å². The van der Waals surface area contributed by atoms with Crippen molar-refractivity contribution in [3.8, 4) is 0 Å². The molecule has 0 fully saturated rings. The van der Waals surface area contributed by atoms with Crippen molar-refractivity contribution in [2.24, 2.45) is 0 Å². The van der Waals surface area contributed by atoms with Gasteiger partial charge in [-0.3, -0.25) is 14.6 Å². The molecule has 0 spiro atoms. The van der Waals surface area contributed by atoms with Crippen LogP contribution in [0.5, 0.6) is 0 Å². The van der Waals surface area contributed by atoms with Crippen LogP contribution in [-0.2, 0) is 4.74 Å². The van der Waals surface area contributed by atoms with E-state index in [1.807, 2.05) is 6.92 Å². The minimum absolute atomic E-state index is 0.0929. The number of halogens is 1. The first-order valence-corrected chi connectivity index (χ1v) is 5.61. The minimum Gasteiger partial charge on any atom is -0.488 e. The average molecular weight is 252 g/mol. The van der Waals surface area contributed by atoms with Gasteiger partial charge in [-0.15, -0.1) is 0 Å². The molecular formula is C12H10ClNO3. The van der Waals surface area contributed by atoms with Gasteiger partial charge in [0, 0.05) is 6.20 Å². The molecule has 0 bridgehead atoms.